The number of carbonyl (C=O) groups excluding carboxylic acids is 3. The summed E-state index contributed by atoms with van der Waals surface area (Å²) in [5, 5.41) is 3.99. The molecule has 0 aromatic heterocycles. The van der Waals surface area contributed by atoms with E-state index >= 15 is 0 Å². The molecular weight excluding hydrogens is 408 g/mol. The van der Waals surface area contributed by atoms with Gasteiger partial charge < -0.3 is 0 Å². The van der Waals surface area contributed by atoms with Crippen LogP contribution in [0.1, 0.15) is 38.2 Å². The van der Waals surface area contributed by atoms with E-state index in [2.05, 4.69) is 10.5 Å². The highest BCUT2D eigenvalue weighted by atomic mass is 32.2. The summed E-state index contributed by atoms with van der Waals surface area (Å²) < 4.78 is 26.9. The van der Waals surface area contributed by atoms with Gasteiger partial charge in [-0.05, 0) is 38.8 Å². The Bertz CT molecular complexity index is 947. The first kappa shape index (κ1) is 22.1. The Hall–Kier alpha value is -2.59. The number of hydrazone groups is 1. The number of nitrogens with one attached hydrogen (secondary N) is 1. The van der Waals surface area contributed by atoms with Gasteiger partial charge in [-0.1, -0.05) is 17.7 Å². The fraction of sp³-hybridized carbons (Fsp3) is 0.500. The van der Waals surface area contributed by atoms with Crippen LogP contribution in [0.25, 0.3) is 0 Å². The Balaban J connectivity index is 1.52. The molecule has 1 N–H and O–H groups in total. The quantitative estimate of drug-likeness (QED) is 0.408. The second-order valence-electron chi connectivity index (χ2n) is 7.69. The van der Waals surface area contributed by atoms with Crippen LogP contribution >= 0.6 is 0 Å². The van der Waals surface area contributed by atoms with Gasteiger partial charge in [-0.2, -0.15) is 9.41 Å². The van der Waals surface area contributed by atoms with Crippen LogP contribution in [0.4, 0.5) is 0 Å². The van der Waals surface area contributed by atoms with Crippen LogP contribution in [-0.2, 0) is 24.4 Å². The molecule has 0 bridgehead atoms. The molecule has 2 heterocycles. The van der Waals surface area contributed by atoms with E-state index in [9.17, 15) is 22.8 Å². The van der Waals surface area contributed by atoms with Gasteiger partial charge in [0, 0.05) is 31.8 Å². The second kappa shape index (κ2) is 9.05. The van der Waals surface area contributed by atoms with Gasteiger partial charge in [-0.3, -0.25) is 19.3 Å². The van der Waals surface area contributed by atoms with Crippen LogP contribution < -0.4 is 5.43 Å². The van der Waals surface area contributed by atoms with Crippen LogP contribution in [0.2, 0.25) is 0 Å². The van der Waals surface area contributed by atoms with Gasteiger partial charge in [-0.15, -0.1) is 0 Å². The lowest BCUT2D eigenvalue weighted by Crippen LogP contribution is -2.42. The van der Waals surface area contributed by atoms with Crippen molar-refractivity contribution < 1.29 is 22.8 Å². The Kier molecular flexibility index (Phi) is 6.67. The molecular formula is C20H26N4O5S. The van der Waals surface area contributed by atoms with Crippen molar-refractivity contribution in [3.63, 3.8) is 0 Å². The minimum Gasteiger partial charge on any atom is -0.277 e. The molecule has 2 aliphatic heterocycles. The maximum absolute atomic E-state index is 12.8. The lowest BCUT2D eigenvalue weighted by atomic mass is 9.98. The van der Waals surface area contributed by atoms with Crippen LogP contribution in [0.5, 0.6) is 0 Å². The van der Waals surface area contributed by atoms with Gasteiger partial charge in [0.1, 0.15) is 0 Å². The van der Waals surface area contributed by atoms with E-state index in [0.717, 1.165) is 10.5 Å². The van der Waals surface area contributed by atoms with Gasteiger partial charge in [-0.25, -0.2) is 13.8 Å². The lowest BCUT2D eigenvalue weighted by Gasteiger charge is -2.30. The third-order valence-electron chi connectivity index (χ3n) is 5.38. The van der Waals surface area contributed by atoms with E-state index in [1.165, 1.54) is 4.31 Å². The van der Waals surface area contributed by atoms with Crippen LogP contribution in [0, 0.1) is 12.8 Å². The predicted molar refractivity (Wildman–Crippen MR) is 110 cm³/mol. The summed E-state index contributed by atoms with van der Waals surface area (Å²) in [4.78, 5) is 37.1. The first-order chi connectivity index (χ1) is 14.2. The van der Waals surface area contributed by atoms with E-state index in [1.54, 1.807) is 31.2 Å². The number of rotatable bonds is 6. The smallest absolute Gasteiger partial charge is 0.243 e. The molecule has 1 aromatic rings. The molecule has 30 heavy (non-hydrogen) atoms. The van der Waals surface area contributed by atoms with Gasteiger partial charge >= 0.3 is 0 Å². The first-order valence-electron chi connectivity index (χ1n) is 9.91. The van der Waals surface area contributed by atoms with E-state index in [-0.39, 0.29) is 61.0 Å². The zero-order valence-corrected chi connectivity index (χ0v) is 17.9. The van der Waals surface area contributed by atoms with Gasteiger partial charge in [0.25, 0.3) is 0 Å². The molecule has 10 heteroatoms. The summed E-state index contributed by atoms with van der Waals surface area (Å²) in [6.45, 7) is 4.11. The van der Waals surface area contributed by atoms with Gasteiger partial charge in [0.2, 0.25) is 27.7 Å². The van der Waals surface area contributed by atoms with Crippen molar-refractivity contribution in [1.29, 1.82) is 0 Å². The highest BCUT2D eigenvalue weighted by Gasteiger charge is 2.32. The molecule has 0 radical (unpaired) electrons. The molecule has 2 aliphatic rings. The number of aryl methyl sites for hydroxylation is 1. The number of imide groups is 1. The molecule has 0 aliphatic carbocycles. The second-order valence-corrected chi connectivity index (χ2v) is 9.63. The molecule has 3 rings (SSSR count). The Morgan fingerprint density at radius 1 is 1.10 bits per heavy atom. The van der Waals surface area contributed by atoms with Crippen molar-refractivity contribution in [1.82, 2.24) is 14.6 Å². The molecule has 0 unspecified atom stereocenters. The topological polar surface area (TPSA) is 116 Å². The highest BCUT2D eigenvalue weighted by molar-refractivity contribution is 7.89. The molecule has 162 valence electrons. The van der Waals surface area contributed by atoms with Crippen molar-refractivity contribution in [3.8, 4) is 0 Å². The normalized spacial score (nSPS) is 19.4. The fourth-order valence-corrected chi connectivity index (χ4v) is 4.99. The van der Waals surface area contributed by atoms with Crippen molar-refractivity contribution >= 4 is 33.5 Å². The van der Waals surface area contributed by atoms with Gasteiger partial charge in [0.15, 0.2) is 0 Å². The summed E-state index contributed by atoms with van der Waals surface area (Å²) in [6.07, 6.45) is 1.22. The number of carbonyl (C=O) groups is 3. The molecule has 2 fully saturated rings. The summed E-state index contributed by atoms with van der Waals surface area (Å²) >= 11 is 0. The average molecular weight is 435 g/mol. The van der Waals surface area contributed by atoms with Crippen molar-refractivity contribution in [2.24, 2.45) is 11.0 Å². The van der Waals surface area contributed by atoms with Crippen molar-refractivity contribution in [2.75, 3.05) is 19.6 Å². The number of nitrogens with zero attached hydrogens (tertiary/aromatic N) is 3. The maximum atomic E-state index is 12.8. The number of piperidine rings is 1. The zero-order valence-electron chi connectivity index (χ0n) is 17.1. The summed E-state index contributed by atoms with van der Waals surface area (Å²) in [6, 6.07) is 6.71. The summed E-state index contributed by atoms with van der Waals surface area (Å²) in [5.41, 5.74) is 3.91. The standard InChI is InChI=1S/C20H26N4O5S/c1-14-3-5-17(6-4-14)30(28,29)23-11-9-16(10-12-23)20(27)22-21-15(2)13-24-18(25)7-8-19(24)26/h3-6,16H,7-13H2,1-2H3,(H,22,27)/b21-15+. The Morgan fingerprint density at radius 3 is 2.23 bits per heavy atom. The average Bonchev–Trinajstić information content (AvgIpc) is 3.04. The molecule has 0 atom stereocenters. The highest BCUT2D eigenvalue weighted by Crippen LogP contribution is 2.24. The number of amides is 3. The van der Waals surface area contributed by atoms with E-state index in [0.29, 0.717) is 18.6 Å². The molecule has 0 spiro atoms. The number of hydrogen-bond acceptors (Lipinski definition) is 6. The summed E-state index contributed by atoms with van der Waals surface area (Å²) in [5.74, 6) is -1.10. The molecule has 3 amide bonds. The first-order valence-corrected chi connectivity index (χ1v) is 11.4. The van der Waals surface area contributed by atoms with Crippen molar-refractivity contribution in [2.45, 2.75) is 44.4 Å². The van der Waals surface area contributed by atoms with Crippen LogP contribution in [-0.4, -0.2) is 60.7 Å². The monoisotopic (exact) mass is 434 g/mol. The van der Waals surface area contributed by atoms with E-state index in [1.807, 2.05) is 6.92 Å². The number of hydrogen-bond donors (Lipinski definition) is 1. The van der Waals surface area contributed by atoms with Crippen LogP contribution in [0.15, 0.2) is 34.3 Å². The number of sulfonamides is 1. The zero-order chi connectivity index (χ0) is 21.9. The molecule has 2 saturated heterocycles. The Labute approximate surface area is 176 Å². The fourth-order valence-electron chi connectivity index (χ4n) is 3.52. The largest absolute Gasteiger partial charge is 0.277 e. The molecule has 0 saturated carbocycles. The maximum Gasteiger partial charge on any atom is 0.243 e. The third-order valence-corrected chi connectivity index (χ3v) is 7.30. The number of likely N-dealkylation sites (tertiary alicyclic amines) is 1. The minimum atomic E-state index is -3.57. The van der Waals surface area contributed by atoms with E-state index in [4.69, 9.17) is 0 Å². The SMILES string of the molecule is C/C(CN1C(=O)CCC1=O)=N\NC(=O)C1CCN(S(=O)(=O)c2ccc(C)cc2)CC1. The Morgan fingerprint density at radius 2 is 1.67 bits per heavy atom. The van der Waals surface area contributed by atoms with Crippen molar-refractivity contribution in [3.05, 3.63) is 29.8 Å². The van der Waals surface area contributed by atoms with E-state index < -0.39 is 10.0 Å². The molecule has 1 aromatic carbocycles. The minimum absolute atomic E-state index is 0.0607. The van der Waals surface area contributed by atoms with Crippen LogP contribution in [0.3, 0.4) is 0 Å². The number of benzene rings is 1. The predicted octanol–water partition coefficient (Wildman–Crippen LogP) is 1.04. The third kappa shape index (κ3) is 4.93. The lowest BCUT2D eigenvalue weighted by molar-refractivity contribution is -0.137. The summed E-state index contributed by atoms with van der Waals surface area (Å²) in [7, 11) is -3.57. The molecule has 9 nitrogen and oxygen atoms in total. The van der Waals surface area contributed by atoms with Gasteiger partial charge in [0.05, 0.1) is 17.2 Å².